The summed E-state index contributed by atoms with van der Waals surface area (Å²) in [6.07, 6.45) is 7.91. The fourth-order valence-electron chi connectivity index (χ4n) is 5.00. The normalized spacial score (nSPS) is 20.0. The van der Waals surface area contributed by atoms with Gasteiger partial charge in [-0.3, -0.25) is 9.59 Å². The Kier molecular flexibility index (Phi) is 4.60. The SMILES string of the molecule is O=C(Nc1ccc2c(c1)OCO2)C1CC12CCN(C(=O)c1ccc(-n3ccnc3)cc1)CC2. The minimum absolute atomic E-state index is 0.00496. The highest BCUT2D eigenvalue weighted by molar-refractivity contribution is 5.96. The third-order valence-corrected chi connectivity index (χ3v) is 7.11. The first-order valence-electron chi connectivity index (χ1n) is 11.2. The minimum Gasteiger partial charge on any atom is -0.454 e. The van der Waals surface area contributed by atoms with E-state index in [2.05, 4.69) is 10.3 Å². The van der Waals surface area contributed by atoms with E-state index >= 15 is 0 Å². The highest BCUT2D eigenvalue weighted by Crippen LogP contribution is 2.59. The Morgan fingerprint density at radius 2 is 1.82 bits per heavy atom. The van der Waals surface area contributed by atoms with Gasteiger partial charge in [-0.25, -0.2) is 4.98 Å². The molecule has 2 aliphatic heterocycles. The molecule has 1 N–H and O–H groups in total. The van der Waals surface area contributed by atoms with E-state index < -0.39 is 0 Å². The number of piperidine rings is 1. The molecule has 8 heteroatoms. The van der Waals surface area contributed by atoms with Crippen molar-refractivity contribution in [2.24, 2.45) is 11.3 Å². The summed E-state index contributed by atoms with van der Waals surface area (Å²) in [5, 5.41) is 3.02. The van der Waals surface area contributed by atoms with E-state index in [0.29, 0.717) is 30.2 Å². The number of amides is 2. The summed E-state index contributed by atoms with van der Waals surface area (Å²) in [7, 11) is 0. The third kappa shape index (κ3) is 3.61. The second-order valence-corrected chi connectivity index (χ2v) is 8.99. The molecular formula is C25H24N4O4. The maximum absolute atomic E-state index is 13.0. The van der Waals surface area contributed by atoms with Crippen molar-refractivity contribution in [3.63, 3.8) is 0 Å². The number of likely N-dealkylation sites (tertiary alicyclic amines) is 1. The van der Waals surface area contributed by atoms with Gasteiger partial charge < -0.3 is 24.3 Å². The second kappa shape index (κ2) is 7.65. The van der Waals surface area contributed by atoms with Crippen LogP contribution in [0.4, 0.5) is 5.69 Å². The Balaban J connectivity index is 1.05. The first kappa shape index (κ1) is 19.8. The van der Waals surface area contributed by atoms with E-state index in [4.69, 9.17) is 9.47 Å². The smallest absolute Gasteiger partial charge is 0.253 e. The topological polar surface area (TPSA) is 85.7 Å². The van der Waals surface area contributed by atoms with E-state index in [9.17, 15) is 9.59 Å². The summed E-state index contributed by atoms with van der Waals surface area (Å²) in [5.41, 5.74) is 2.39. The molecule has 1 spiro atoms. The predicted octanol–water partition coefficient (Wildman–Crippen LogP) is 3.48. The number of benzene rings is 2. The quantitative estimate of drug-likeness (QED) is 0.666. The van der Waals surface area contributed by atoms with Crippen LogP contribution in [0.3, 0.4) is 0 Å². The van der Waals surface area contributed by atoms with Gasteiger partial charge in [-0.05, 0) is 61.1 Å². The number of carbonyl (C=O) groups is 2. The van der Waals surface area contributed by atoms with E-state index in [1.807, 2.05) is 52.1 Å². The highest BCUT2D eigenvalue weighted by Gasteiger charge is 2.58. The van der Waals surface area contributed by atoms with Gasteiger partial charge >= 0.3 is 0 Å². The van der Waals surface area contributed by atoms with Gasteiger partial charge in [0.2, 0.25) is 12.7 Å². The van der Waals surface area contributed by atoms with Gasteiger partial charge in [0.1, 0.15) is 0 Å². The van der Waals surface area contributed by atoms with Crippen molar-refractivity contribution in [2.75, 3.05) is 25.2 Å². The molecule has 3 heterocycles. The molecule has 0 radical (unpaired) electrons. The maximum Gasteiger partial charge on any atom is 0.253 e. The van der Waals surface area contributed by atoms with Crippen LogP contribution in [0.15, 0.2) is 61.2 Å². The van der Waals surface area contributed by atoms with E-state index in [0.717, 1.165) is 30.6 Å². The van der Waals surface area contributed by atoms with Gasteiger partial charge in [0.05, 0.1) is 6.33 Å². The Hall–Kier alpha value is -3.81. The van der Waals surface area contributed by atoms with Crippen LogP contribution in [0, 0.1) is 11.3 Å². The molecule has 33 heavy (non-hydrogen) atoms. The standard InChI is InChI=1S/C25H24N4O4/c30-23(27-18-3-6-21-22(13-18)33-16-32-21)20-14-25(20)7-10-28(11-8-25)24(31)17-1-4-19(5-2-17)29-12-9-26-15-29/h1-6,9,12-13,15,20H,7-8,10-11,14,16H2,(H,27,30). The zero-order valence-electron chi connectivity index (χ0n) is 18.1. The fraction of sp³-hybridized carbons (Fsp3) is 0.320. The minimum atomic E-state index is -0.00496. The van der Waals surface area contributed by atoms with Crippen LogP contribution in [-0.4, -0.2) is 46.1 Å². The molecule has 1 saturated carbocycles. The zero-order chi connectivity index (χ0) is 22.4. The summed E-state index contributed by atoms with van der Waals surface area (Å²) in [6.45, 7) is 1.56. The van der Waals surface area contributed by atoms with Crippen molar-refractivity contribution in [1.29, 1.82) is 0 Å². The largest absolute Gasteiger partial charge is 0.454 e. The molecule has 1 aromatic heterocycles. The highest BCUT2D eigenvalue weighted by atomic mass is 16.7. The summed E-state index contributed by atoms with van der Waals surface area (Å²) in [4.78, 5) is 31.8. The first-order valence-corrected chi connectivity index (χ1v) is 11.2. The summed E-state index contributed by atoms with van der Waals surface area (Å²) in [5.74, 6) is 1.44. The van der Waals surface area contributed by atoms with Crippen molar-refractivity contribution >= 4 is 17.5 Å². The average molecular weight is 444 g/mol. The van der Waals surface area contributed by atoms with Crippen molar-refractivity contribution < 1.29 is 19.1 Å². The molecule has 2 amide bonds. The lowest BCUT2D eigenvalue weighted by atomic mass is 9.90. The van der Waals surface area contributed by atoms with E-state index in [-0.39, 0.29) is 29.9 Å². The number of rotatable bonds is 4. The molecule has 2 fully saturated rings. The fourth-order valence-corrected chi connectivity index (χ4v) is 5.00. The van der Waals surface area contributed by atoms with Gasteiger partial charge in [0.25, 0.3) is 5.91 Å². The van der Waals surface area contributed by atoms with Crippen molar-refractivity contribution in [2.45, 2.75) is 19.3 Å². The summed E-state index contributed by atoms with van der Waals surface area (Å²) in [6, 6.07) is 13.0. The van der Waals surface area contributed by atoms with E-state index in [1.165, 1.54) is 0 Å². The molecular weight excluding hydrogens is 420 g/mol. The van der Waals surface area contributed by atoms with Gasteiger partial charge in [-0.15, -0.1) is 0 Å². The lowest BCUT2D eigenvalue weighted by Crippen LogP contribution is -2.40. The number of fused-ring (bicyclic) bond motifs is 1. The monoisotopic (exact) mass is 444 g/mol. The molecule has 6 rings (SSSR count). The summed E-state index contributed by atoms with van der Waals surface area (Å²) < 4.78 is 12.6. The van der Waals surface area contributed by atoms with Crippen LogP contribution in [0.1, 0.15) is 29.6 Å². The van der Waals surface area contributed by atoms with Crippen molar-refractivity contribution in [1.82, 2.24) is 14.5 Å². The van der Waals surface area contributed by atoms with Gasteiger partial charge in [0.15, 0.2) is 11.5 Å². The van der Waals surface area contributed by atoms with Crippen LogP contribution < -0.4 is 14.8 Å². The number of anilines is 1. The van der Waals surface area contributed by atoms with Crippen LogP contribution >= 0.6 is 0 Å². The molecule has 2 aromatic carbocycles. The number of aromatic nitrogens is 2. The molecule has 8 nitrogen and oxygen atoms in total. The maximum atomic E-state index is 13.0. The van der Waals surface area contributed by atoms with Crippen LogP contribution in [0.25, 0.3) is 5.69 Å². The molecule has 168 valence electrons. The van der Waals surface area contributed by atoms with Crippen LogP contribution in [0.2, 0.25) is 0 Å². The molecule has 1 saturated heterocycles. The first-order chi connectivity index (χ1) is 16.1. The lowest BCUT2D eigenvalue weighted by molar-refractivity contribution is -0.118. The van der Waals surface area contributed by atoms with Crippen LogP contribution in [-0.2, 0) is 4.79 Å². The second-order valence-electron chi connectivity index (χ2n) is 8.99. The number of imidazole rings is 1. The zero-order valence-corrected chi connectivity index (χ0v) is 18.1. The van der Waals surface area contributed by atoms with Gasteiger partial charge in [0, 0.05) is 54.4 Å². The molecule has 3 aromatic rings. The van der Waals surface area contributed by atoms with E-state index in [1.54, 1.807) is 18.6 Å². The number of hydrogen-bond acceptors (Lipinski definition) is 5. The predicted molar refractivity (Wildman–Crippen MR) is 120 cm³/mol. The Bertz CT molecular complexity index is 1200. The molecule has 1 aliphatic carbocycles. The molecule has 0 bridgehead atoms. The lowest BCUT2D eigenvalue weighted by Gasteiger charge is -2.33. The van der Waals surface area contributed by atoms with Gasteiger partial charge in [-0.1, -0.05) is 0 Å². The Morgan fingerprint density at radius 1 is 1.03 bits per heavy atom. The van der Waals surface area contributed by atoms with Crippen LogP contribution in [0.5, 0.6) is 11.5 Å². The van der Waals surface area contributed by atoms with Gasteiger partial charge in [-0.2, -0.15) is 0 Å². The number of hydrogen-bond donors (Lipinski definition) is 1. The number of carbonyl (C=O) groups excluding carboxylic acids is 2. The third-order valence-electron chi connectivity index (χ3n) is 7.11. The number of nitrogens with zero attached hydrogens (tertiary/aromatic N) is 3. The molecule has 3 aliphatic rings. The molecule has 1 unspecified atom stereocenters. The van der Waals surface area contributed by atoms with Crippen molar-refractivity contribution in [3.8, 4) is 17.2 Å². The van der Waals surface area contributed by atoms with Crippen molar-refractivity contribution in [3.05, 3.63) is 66.7 Å². The number of ether oxygens (including phenoxy) is 2. The summed E-state index contributed by atoms with van der Waals surface area (Å²) >= 11 is 0. The average Bonchev–Trinajstić information content (AvgIpc) is 3.21. The Labute approximate surface area is 191 Å². The molecule has 1 atom stereocenters. The Morgan fingerprint density at radius 3 is 2.58 bits per heavy atom. The number of nitrogens with one attached hydrogen (secondary N) is 1.